The predicted octanol–water partition coefficient (Wildman–Crippen LogP) is 8.25. The number of likely N-dealkylation sites (tertiary alicyclic amines) is 2. The Morgan fingerprint density at radius 1 is 0.764 bits per heavy atom. The molecule has 4 N–H and O–H groups in total. The Morgan fingerprint density at radius 2 is 1.35 bits per heavy atom. The first kappa shape index (κ1) is 49.4. The third-order valence-electron chi connectivity index (χ3n) is 13.6. The molecule has 5 aromatic rings. The van der Waals surface area contributed by atoms with E-state index in [4.69, 9.17) is 33.7 Å². The number of benzene rings is 3. The number of nitrogens with one attached hydrogen (secondary N) is 4. The highest BCUT2D eigenvalue weighted by Crippen LogP contribution is 2.40. The minimum Gasteiger partial charge on any atom is -0.454 e. The van der Waals surface area contributed by atoms with Crippen molar-refractivity contribution in [1.82, 2.24) is 45.3 Å². The summed E-state index contributed by atoms with van der Waals surface area (Å²) in [6.07, 6.45) is 2.93. The minimum atomic E-state index is -0.925. The van der Waals surface area contributed by atoms with Crippen molar-refractivity contribution < 1.29 is 47.7 Å². The Bertz CT molecular complexity index is 2780. The summed E-state index contributed by atoms with van der Waals surface area (Å²) in [6, 6.07) is 17.5. The number of methoxy groups -OCH3 is 1. The fourth-order valence-electron chi connectivity index (χ4n) is 9.82. The van der Waals surface area contributed by atoms with Gasteiger partial charge in [0.15, 0.2) is 11.5 Å². The van der Waals surface area contributed by atoms with Crippen LogP contribution in [0.3, 0.4) is 0 Å². The van der Waals surface area contributed by atoms with Gasteiger partial charge in [-0.25, -0.2) is 24.4 Å². The number of amides is 5. The van der Waals surface area contributed by atoms with Crippen LogP contribution in [-0.4, -0.2) is 116 Å². The predicted molar refractivity (Wildman–Crippen MR) is 264 cm³/mol. The maximum Gasteiger partial charge on any atom is 0.410 e. The summed E-state index contributed by atoms with van der Waals surface area (Å²) >= 11 is 0. The van der Waals surface area contributed by atoms with Gasteiger partial charge in [-0.15, -0.1) is 0 Å². The van der Waals surface area contributed by atoms with Crippen LogP contribution in [0.1, 0.15) is 103 Å². The smallest absolute Gasteiger partial charge is 0.410 e. The second-order valence-electron chi connectivity index (χ2n) is 20.5. The van der Waals surface area contributed by atoms with Gasteiger partial charge in [0.25, 0.3) is 0 Å². The molecule has 2 aromatic heterocycles. The number of hydrogen-bond donors (Lipinski definition) is 4. The van der Waals surface area contributed by atoms with E-state index < -0.39 is 48.1 Å². The van der Waals surface area contributed by atoms with E-state index in [0.29, 0.717) is 42.8 Å². The molecule has 0 aliphatic carbocycles. The first-order valence-electron chi connectivity index (χ1n) is 24.6. The number of ether oxygens (including phenoxy) is 5. The molecule has 5 amide bonds. The second-order valence-corrected chi connectivity index (χ2v) is 20.5. The topological polar surface area (TPSA) is 223 Å². The molecule has 0 bridgehead atoms. The van der Waals surface area contributed by atoms with Crippen LogP contribution in [0.25, 0.3) is 33.6 Å². The third kappa shape index (κ3) is 10.6. The highest BCUT2D eigenvalue weighted by atomic mass is 16.7. The van der Waals surface area contributed by atoms with E-state index in [1.807, 2.05) is 94.6 Å². The fraction of sp³-hybridized carbons (Fsp3) is 0.453. The minimum absolute atomic E-state index is 0.0900. The van der Waals surface area contributed by atoms with Gasteiger partial charge in [0.05, 0.1) is 43.3 Å². The standard InChI is InChI=1S/C53H63N9O10/c1-29(2)44(58-50(65)68-8)48(63)61-19-9-10-40(61)46-54-23-38(56-46)33-15-11-31(12-16-33)32-13-17-34(18-14-32)39-24-55-47(57-39)41-22-37(27-62(41)49(64)45(30(3)4)59-51(66)72-53(5,6)7)71-52(67)60-25-35-20-42-43(70-28-69-42)21-36(35)26-60/h11-18,20-21,23-24,29-30,37,40-41,44-45H,9-10,19,22,25-28H2,1-8H3,(H,54,56)(H,55,57)(H,58,65)(H,59,66)/t37-,40+,41?,44+,45+/m1/s1. The summed E-state index contributed by atoms with van der Waals surface area (Å²) in [5.74, 6) is 1.59. The van der Waals surface area contributed by atoms with Crippen molar-refractivity contribution in [2.45, 2.75) is 117 Å². The summed E-state index contributed by atoms with van der Waals surface area (Å²) in [4.78, 5) is 88.4. The molecular weight excluding hydrogens is 923 g/mol. The zero-order chi connectivity index (χ0) is 51.0. The molecule has 0 spiro atoms. The fourth-order valence-corrected chi connectivity index (χ4v) is 9.82. The van der Waals surface area contributed by atoms with Crippen LogP contribution in [0.4, 0.5) is 14.4 Å². The molecule has 4 aliphatic rings. The van der Waals surface area contributed by atoms with Crippen molar-refractivity contribution >= 4 is 30.1 Å². The van der Waals surface area contributed by atoms with Crippen molar-refractivity contribution in [3.05, 3.63) is 95.8 Å². The highest BCUT2D eigenvalue weighted by molar-refractivity contribution is 5.87. The number of carbonyl (C=O) groups is 5. The molecule has 1 unspecified atom stereocenters. The number of carbonyl (C=O) groups excluding carboxylic acids is 5. The zero-order valence-corrected chi connectivity index (χ0v) is 41.9. The molecule has 4 aliphatic heterocycles. The summed E-state index contributed by atoms with van der Waals surface area (Å²) in [5.41, 5.74) is 6.42. The van der Waals surface area contributed by atoms with Gasteiger partial charge in [0.2, 0.25) is 18.6 Å². The van der Waals surface area contributed by atoms with Crippen molar-refractivity contribution in [2.24, 2.45) is 11.8 Å². The number of rotatable bonds is 12. The molecule has 2 fully saturated rings. The molecule has 19 nitrogen and oxygen atoms in total. The molecule has 380 valence electrons. The molecule has 2 saturated heterocycles. The lowest BCUT2D eigenvalue weighted by Crippen LogP contribution is -2.52. The maximum absolute atomic E-state index is 14.5. The molecular formula is C53H63N9O10. The molecule has 5 atom stereocenters. The van der Waals surface area contributed by atoms with E-state index in [2.05, 4.69) is 20.6 Å². The van der Waals surface area contributed by atoms with Gasteiger partial charge in [-0.2, -0.15) is 0 Å². The molecule has 19 heteroatoms. The van der Waals surface area contributed by atoms with E-state index in [0.717, 1.165) is 57.6 Å². The third-order valence-corrected chi connectivity index (χ3v) is 13.6. The lowest BCUT2D eigenvalue weighted by atomic mass is 10.0. The van der Waals surface area contributed by atoms with Gasteiger partial charge in [-0.05, 0) is 85.4 Å². The van der Waals surface area contributed by atoms with E-state index >= 15 is 0 Å². The van der Waals surface area contributed by atoms with Crippen LogP contribution in [0.5, 0.6) is 11.5 Å². The monoisotopic (exact) mass is 985 g/mol. The molecule has 9 rings (SSSR count). The summed E-state index contributed by atoms with van der Waals surface area (Å²) in [6.45, 7) is 14.3. The Morgan fingerprint density at radius 3 is 1.94 bits per heavy atom. The number of aromatic nitrogens is 4. The molecule has 6 heterocycles. The van der Waals surface area contributed by atoms with Crippen LogP contribution < -0.4 is 20.1 Å². The zero-order valence-electron chi connectivity index (χ0n) is 41.9. The van der Waals surface area contributed by atoms with E-state index in [9.17, 15) is 24.0 Å². The van der Waals surface area contributed by atoms with E-state index in [-0.39, 0.29) is 49.5 Å². The Kier molecular flexibility index (Phi) is 13.9. The second kappa shape index (κ2) is 20.3. The van der Waals surface area contributed by atoms with Crippen LogP contribution in [-0.2, 0) is 36.9 Å². The number of nitrogens with zero attached hydrogens (tertiary/aromatic N) is 5. The molecule has 0 radical (unpaired) electrons. The lowest BCUT2D eigenvalue weighted by molar-refractivity contribution is -0.136. The van der Waals surface area contributed by atoms with Crippen molar-refractivity contribution in [3.8, 4) is 45.1 Å². The van der Waals surface area contributed by atoms with Crippen molar-refractivity contribution in [2.75, 3.05) is 27.0 Å². The van der Waals surface area contributed by atoms with Crippen LogP contribution in [0.2, 0.25) is 0 Å². The molecule has 3 aromatic carbocycles. The molecule has 0 saturated carbocycles. The number of H-pyrrole nitrogens is 2. The van der Waals surface area contributed by atoms with Gasteiger partial charge in [-0.1, -0.05) is 76.2 Å². The SMILES string of the molecule is COC(=O)N[C@H](C(=O)N1CCC[C@H]1c1nc(-c2ccc(-c3ccc(-c4cnc(C5C[C@@H](OC(=O)N6Cc7cc8c(cc7C6)OCO8)CN5C(=O)[C@@H](NC(=O)OC(C)(C)C)C(C)C)[nH]4)cc3)cc2)c[nH]1)C(C)C. The van der Waals surface area contributed by atoms with Crippen molar-refractivity contribution in [3.63, 3.8) is 0 Å². The van der Waals surface area contributed by atoms with Gasteiger partial charge >= 0.3 is 18.3 Å². The molecule has 72 heavy (non-hydrogen) atoms. The first-order valence-corrected chi connectivity index (χ1v) is 24.6. The number of alkyl carbamates (subject to hydrolysis) is 2. The summed E-state index contributed by atoms with van der Waals surface area (Å²) in [7, 11) is 1.28. The van der Waals surface area contributed by atoms with Crippen LogP contribution in [0.15, 0.2) is 73.1 Å². The Labute approximate surface area is 418 Å². The average Bonchev–Trinajstić information content (AvgIpc) is 4.22. The van der Waals surface area contributed by atoms with E-state index in [1.165, 1.54) is 7.11 Å². The average molecular weight is 986 g/mol. The van der Waals surface area contributed by atoms with Gasteiger partial charge in [0, 0.05) is 37.8 Å². The van der Waals surface area contributed by atoms with Gasteiger partial charge in [-0.3, -0.25) is 14.5 Å². The van der Waals surface area contributed by atoms with Crippen LogP contribution in [0, 0.1) is 11.8 Å². The summed E-state index contributed by atoms with van der Waals surface area (Å²) in [5, 5.41) is 5.49. The van der Waals surface area contributed by atoms with Crippen LogP contribution >= 0.6 is 0 Å². The lowest BCUT2D eigenvalue weighted by Gasteiger charge is -2.31. The largest absolute Gasteiger partial charge is 0.454 e. The maximum atomic E-state index is 14.5. The normalized spacial score (nSPS) is 19.1. The number of imidazole rings is 2. The first-order chi connectivity index (χ1) is 34.4. The quantitative estimate of drug-likeness (QED) is 0.0868. The number of hydrogen-bond acceptors (Lipinski definition) is 12. The number of fused-ring (bicyclic) bond motifs is 2. The highest BCUT2D eigenvalue weighted by Gasteiger charge is 2.44. The van der Waals surface area contributed by atoms with Gasteiger partial charge < -0.3 is 54.1 Å². The number of aromatic amines is 2. The Balaban J connectivity index is 0.880. The van der Waals surface area contributed by atoms with Crippen molar-refractivity contribution in [1.29, 1.82) is 0 Å². The van der Waals surface area contributed by atoms with Gasteiger partial charge in [0.1, 0.15) is 35.4 Å². The summed E-state index contributed by atoms with van der Waals surface area (Å²) < 4.78 is 27.5. The van der Waals surface area contributed by atoms with E-state index in [1.54, 1.807) is 41.7 Å². The Hall–Kier alpha value is -7.57.